The molecule has 0 aromatic carbocycles. The Morgan fingerprint density at radius 2 is 1.38 bits per heavy atom. The van der Waals surface area contributed by atoms with Crippen LogP contribution >= 0.6 is 11.6 Å². The van der Waals surface area contributed by atoms with Crippen LogP contribution in [0.25, 0.3) is 0 Å². The van der Waals surface area contributed by atoms with Gasteiger partial charge in [0, 0.05) is 5.54 Å². The molecule has 0 aromatic rings. The fourth-order valence-electron chi connectivity index (χ4n) is 3.97. The second-order valence-electron chi connectivity index (χ2n) is 7.01. The third-order valence-electron chi connectivity index (χ3n) is 5.28. The molecular formula is C20H37Cl. The molecule has 0 unspecified atom stereocenters. The van der Waals surface area contributed by atoms with E-state index in [-0.39, 0.29) is 0 Å². The number of hydrogen-bond donors (Lipinski definition) is 0. The van der Waals surface area contributed by atoms with Gasteiger partial charge in [-0.05, 0) is 24.7 Å². The van der Waals surface area contributed by atoms with Crippen LogP contribution in [0.3, 0.4) is 0 Å². The highest BCUT2D eigenvalue weighted by Crippen LogP contribution is 2.38. The minimum atomic E-state index is 1.06. The van der Waals surface area contributed by atoms with Crippen LogP contribution in [0.1, 0.15) is 103 Å². The van der Waals surface area contributed by atoms with Gasteiger partial charge in [0.05, 0.1) is 0 Å². The summed E-state index contributed by atoms with van der Waals surface area (Å²) in [5, 5.41) is 0. The molecule has 0 heterocycles. The van der Waals surface area contributed by atoms with Crippen LogP contribution in [0.2, 0.25) is 0 Å². The second-order valence-corrected chi connectivity index (χ2v) is 7.26. The standard InChI is InChI=1S/C20H37Cl/c1-2-3-4-5-7-10-14-19-16-13-17-20(19)15-11-8-6-9-12-18-21/h12,18-20H,2-11,13-17H2,1H3/t19-,20-/m0/s1. The van der Waals surface area contributed by atoms with E-state index in [4.69, 9.17) is 11.6 Å². The van der Waals surface area contributed by atoms with E-state index in [0.29, 0.717) is 0 Å². The molecule has 1 rings (SSSR count). The summed E-state index contributed by atoms with van der Waals surface area (Å²) in [6.45, 7) is 2.30. The fourth-order valence-corrected chi connectivity index (χ4v) is 4.10. The largest absolute Gasteiger partial charge is 0.0933 e. The first kappa shape index (κ1) is 19.1. The molecule has 0 aromatic heterocycles. The Hall–Kier alpha value is 0.0300. The molecule has 124 valence electrons. The highest BCUT2D eigenvalue weighted by Gasteiger charge is 2.25. The van der Waals surface area contributed by atoms with Crippen molar-refractivity contribution in [2.24, 2.45) is 11.8 Å². The number of unbranched alkanes of at least 4 members (excludes halogenated alkanes) is 8. The minimum absolute atomic E-state index is 1.06. The first-order valence-electron chi connectivity index (χ1n) is 9.63. The van der Waals surface area contributed by atoms with E-state index in [1.54, 1.807) is 5.54 Å². The van der Waals surface area contributed by atoms with E-state index < -0.39 is 0 Å². The summed E-state index contributed by atoms with van der Waals surface area (Å²) >= 11 is 5.54. The van der Waals surface area contributed by atoms with E-state index in [1.165, 1.54) is 89.9 Å². The third-order valence-corrected chi connectivity index (χ3v) is 5.46. The predicted octanol–water partition coefficient (Wildman–Crippen LogP) is 7.86. The van der Waals surface area contributed by atoms with Crippen LogP contribution in [-0.4, -0.2) is 0 Å². The number of rotatable bonds is 13. The molecule has 2 atom stereocenters. The minimum Gasteiger partial charge on any atom is -0.0933 e. The number of halogens is 1. The van der Waals surface area contributed by atoms with Crippen LogP contribution in [0, 0.1) is 11.8 Å². The SMILES string of the molecule is CCCCCCCC[C@H]1CCC[C@@H]1CCCCCC=CCl. The Kier molecular flexibility index (Phi) is 12.4. The van der Waals surface area contributed by atoms with Crippen molar-refractivity contribution >= 4 is 11.6 Å². The first-order valence-corrected chi connectivity index (χ1v) is 10.1. The summed E-state index contributed by atoms with van der Waals surface area (Å²) in [6, 6.07) is 0. The maximum Gasteiger partial charge on any atom is 0.000245 e. The molecule has 0 N–H and O–H groups in total. The van der Waals surface area contributed by atoms with Crippen LogP contribution in [0.5, 0.6) is 0 Å². The molecule has 0 nitrogen and oxygen atoms in total. The molecule has 21 heavy (non-hydrogen) atoms. The summed E-state index contributed by atoms with van der Waals surface area (Å²) in [4.78, 5) is 0. The average molecular weight is 313 g/mol. The molecule has 1 saturated carbocycles. The number of hydrogen-bond acceptors (Lipinski definition) is 0. The lowest BCUT2D eigenvalue weighted by Gasteiger charge is -2.19. The van der Waals surface area contributed by atoms with E-state index in [9.17, 15) is 0 Å². The zero-order valence-corrected chi connectivity index (χ0v) is 15.0. The van der Waals surface area contributed by atoms with Crippen LogP contribution in [-0.2, 0) is 0 Å². The van der Waals surface area contributed by atoms with Gasteiger partial charge in [0.25, 0.3) is 0 Å². The van der Waals surface area contributed by atoms with Gasteiger partial charge in [-0.3, -0.25) is 0 Å². The smallest absolute Gasteiger partial charge is 0.000245 e. The second kappa shape index (κ2) is 13.7. The highest BCUT2D eigenvalue weighted by atomic mass is 35.5. The molecule has 0 saturated heterocycles. The van der Waals surface area contributed by atoms with Gasteiger partial charge in [-0.15, -0.1) is 0 Å². The lowest BCUT2D eigenvalue weighted by molar-refractivity contribution is 0.323. The van der Waals surface area contributed by atoms with Crippen molar-refractivity contribution in [2.75, 3.05) is 0 Å². The van der Waals surface area contributed by atoms with E-state index in [0.717, 1.165) is 18.3 Å². The van der Waals surface area contributed by atoms with Gasteiger partial charge in [-0.25, -0.2) is 0 Å². The lowest BCUT2D eigenvalue weighted by atomic mass is 9.87. The molecule has 0 bridgehead atoms. The van der Waals surface area contributed by atoms with Gasteiger partial charge < -0.3 is 0 Å². The van der Waals surface area contributed by atoms with Crippen molar-refractivity contribution < 1.29 is 0 Å². The molecular weight excluding hydrogens is 276 g/mol. The van der Waals surface area contributed by atoms with Crippen molar-refractivity contribution in [1.82, 2.24) is 0 Å². The zero-order chi connectivity index (χ0) is 15.2. The van der Waals surface area contributed by atoms with Gasteiger partial charge in [-0.1, -0.05) is 108 Å². The van der Waals surface area contributed by atoms with E-state index in [1.807, 2.05) is 0 Å². The molecule has 1 aliphatic carbocycles. The van der Waals surface area contributed by atoms with Gasteiger partial charge in [0.15, 0.2) is 0 Å². The maximum atomic E-state index is 5.54. The third kappa shape index (κ3) is 9.61. The summed E-state index contributed by atoms with van der Waals surface area (Å²) < 4.78 is 0. The summed E-state index contributed by atoms with van der Waals surface area (Å²) in [7, 11) is 0. The Labute approximate surface area is 138 Å². The topological polar surface area (TPSA) is 0 Å². The van der Waals surface area contributed by atoms with Crippen molar-refractivity contribution in [3.8, 4) is 0 Å². The molecule has 0 amide bonds. The van der Waals surface area contributed by atoms with Crippen molar-refractivity contribution in [3.63, 3.8) is 0 Å². The Morgan fingerprint density at radius 1 is 0.810 bits per heavy atom. The van der Waals surface area contributed by atoms with Crippen molar-refractivity contribution in [1.29, 1.82) is 0 Å². The quantitative estimate of drug-likeness (QED) is 0.304. The van der Waals surface area contributed by atoms with Crippen LogP contribution in [0.15, 0.2) is 11.6 Å². The lowest BCUT2D eigenvalue weighted by Crippen LogP contribution is -2.08. The Morgan fingerprint density at radius 3 is 2.00 bits per heavy atom. The van der Waals surface area contributed by atoms with Gasteiger partial charge in [-0.2, -0.15) is 0 Å². The molecule has 0 spiro atoms. The summed E-state index contributed by atoms with van der Waals surface area (Å²) in [5.41, 5.74) is 1.66. The zero-order valence-electron chi connectivity index (χ0n) is 14.3. The molecule has 0 radical (unpaired) electrons. The summed E-state index contributed by atoms with van der Waals surface area (Å²) in [6.07, 6.45) is 23.6. The van der Waals surface area contributed by atoms with Crippen molar-refractivity contribution in [3.05, 3.63) is 11.6 Å². The summed E-state index contributed by atoms with van der Waals surface area (Å²) in [5.74, 6) is 2.13. The Bertz CT molecular complexity index is 246. The fraction of sp³-hybridized carbons (Fsp3) is 0.900. The van der Waals surface area contributed by atoms with E-state index in [2.05, 4.69) is 13.0 Å². The van der Waals surface area contributed by atoms with E-state index >= 15 is 0 Å². The number of allylic oxidation sites excluding steroid dienone is 1. The highest BCUT2D eigenvalue weighted by molar-refractivity contribution is 6.25. The van der Waals surface area contributed by atoms with Gasteiger partial charge in [0.2, 0.25) is 0 Å². The Balaban J connectivity index is 2.00. The maximum absolute atomic E-state index is 5.54. The molecule has 1 fully saturated rings. The monoisotopic (exact) mass is 312 g/mol. The van der Waals surface area contributed by atoms with Crippen LogP contribution in [0.4, 0.5) is 0 Å². The first-order chi connectivity index (χ1) is 10.4. The van der Waals surface area contributed by atoms with Gasteiger partial charge >= 0.3 is 0 Å². The van der Waals surface area contributed by atoms with Gasteiger partial charge in [0.1, 0.15) is 0 Å². The predicted molar refractivity (Wildman–Crippen MR) is 96.9 cm³/mol. The molecule has 1 aliphatic rings. The molecule has 1 heteroatoms. The average Bonchev–Trinajstić information content (AvgIpc) is 2.94. The van der Waals surface area contributed by atoms with Crippen LogP contribution < -0.4 is 0 Å². The van der Waals surface area contributed by atoms with Crippen molar-refractivity contribution in [2.45, 2.75) is 103 Å². The molecule has 0 aliphatic heterocycles. The normalized spacial score (nSPS) is 22.4.